The van der Waals surface area contributed by atoms with Gasteiger partial charge in [-0.15, -0.1) is 12.4 Å². The van der Waals surface area contributed by atoms with Crippen LogP contribution in [-0.2, 0) is 14.4 Å². The van der Waals surface area contributed by atoms with Gasteiger partial charge in [-0.25, -0.2) is 4.79 Å². The van der Waals surface area contributed by atoms with Gasteiger partial charge in [-0.3, -0.25) is 24.8 Å². The molecule has 4 rings (SSSR count). The van der Waals surface area contributed by atoms with Crippen molar-refractivity contribution in [3.05, 3.63) is 47.6 Å². The van der Waals surface area contributed by atoms with Crippen molar-refractivity contribution in [3.63, 3.8) is 0 Å². The molecule has 32 heavy (non-hydrogen) atoms. The summed E-state index contributed by atoms with van der Waals surface area (Å²) in [5.74, 6) is 0. The molecule has 2 fully saturated rings. The maximum Gasteiger partial charge on any atom is 0.435 e. The Kier molecular flexibility index (Phi) is 9.26. The first-order valence-electron chi connectivity index (χ1n) is 10.3. The van der Waals surface area contributed by atoms with Crippen LogP contribution in [0.5, 0.6) is 0 Å². The minimum atomic E-state index is -0.550. The van der Waals surface area contributed by atoms with E-state index in [-0.39, 0.29) is 24.5 Å². The van der Waals surface area contributed by atoms with Crippen LogP contribution in [0.3, 0.4) is 0 Å². The number of rotatable bonds is 2. The lowest BCUT2D eigenvalue weighted by Crippen LogP contribution is -2.36. The number of hydrogen-bond donors (Lipinski definition) is 1. The number of hydroxylamine groups is 3. The van der Waals surface area contributed by atoms with Crippen LogP contribution < -0.4 is 5.48 Å². The average Bonchev–Trinajstić information content (AvgIpc) is 3.39. The van der Waals surface area contributed by atoms with Gasteiger partial charge in [0.2, 0.25) is 0 Å². The van der Waals surface area contributed by atoms with E-state index in [1.165, 1.54) is 5.06 Å². The largest absolute Gasteiger partial charge is 0.442 e. The third-order valence-electron chi connectivity index (χ3n) is 4.46. The molecule has 2 atom stereocenters. The summed E-state index contributed by atoms with van der Waals surface area (Å²) >= 11 is 0. The van der Waals surface area contributed by atoms with E-state index >= 15 is 0 Å². The molecule has 2 aromatic heterocycles. The number of amides is 1. The summed E-state index contributed by atoms with van der Waals surface area (Å²) in [4.78, 5) is 39.4. The first-order chi connectivity index (χ1) is 14.7. The maximum absolute atomic E-state index is 12.1. The van der Waals surface area contributed by atoms with Crippen molar-refractivity contribution in [2.45, 2.75) is 65.1 Å². The van der Waals surface area contributed by atoms with Gasteiger partial charge in [-0.2, -0.15) is 10.5 Å². The molecule has 2 saturated heterocycles. The van der Waals surface area contributed by atoms with Crippen molar-refractivity contribution in [1.82, 2.24) is 30.5 Å². The normalized spacial score (nSPS) is 20.2. The fourth-order valence-corrected chi connectivity index (χ4v) is 3.12. The van der Waals surface area contributed by atoms with Crippen LogP contribution >= 0.6 is 12.4 Å². The lowest BCUT2D eigenvalue weighted by Gasteiger charge is -2.26. The van der Waals surface area contributed by atoms with Crippen molar-refractivity contribution < 1.29 is 19.2 Å². The van der Waals surface area contributed by atoms with Crippen LogP contribution in [0.1, 0.15) is 68.5 Å². The number of nitrogens with one attached hydrogen (secondary N) is 1. The first-order valence-corrected chi connectivity index (χ1v) is 10.3. The minimum absolute atomic E-state index is 0. The predicted octanol–water partition coefficient (Wildman–Crippen LogP) is 3.57. The third kappa shape index (κ3) is 7.33. The Balaban J connectivity index is 0.000000241. The Bertz CT molecular complexity index is 889. The number of halogens is 1. The summed E-state index contributed by atoms with van der Waals surface area (Å²) in [5.41, 5.74) is 5.80. The third-order valence-corrected chi connectivity index (χ3v) is 4.46. The van der Waals surface area contributed by atoms with Crippen LogP contribution in [0.25, 0.3) is 0 Å². The fourth-order valence-electron chi connectivity index (χ4n) is 3.12. The maximum atomic E-state index is 12.1. The molecule has 10 nitrogen and oxygen atoms in total. The van der Waals surface area contributed by atoms with E-state index in [1.807, 2.05) is 34.6 Å². The van der Waals surface area contributed by atoms with Gasteiger partial charge in [0.05, 0.1) is 54.4 Å². The Morgan fingerprint density at radius 2 is 1.66 bits per heavy atom. The molecule has 0 radical (unpaired) electrons. The quantitative estimate of drug-likeness (QED) is 0.709. The van der Waals surface area contributed by atoms with Crippen molar-refractivity contribution in [2.24, 2.45) is 0 Å². The molecule has 11 heteroatoms. The van der Waals surface area contributed by atoms with Gasteiger partial charge in [0.15, 0.2) is 0 Å². The Labute approximate surface area is 194 Å². The van der Waals surface area contributed by atoms with Crippen LogP contribution in [0.4, 0.5) is 4.79 Å². The molecule has 0 saturated carbocycles. The monoisotopic (exact) mass is 466 g/mol. The zero-order valence-electron chi connectivity index (χ0n) is 19.1. The van der Waals surface area contributed by atoms with Crippen LogP contribution in [0.2, 0.25) is 0 Å². The van der Waals surface area contributed by atoms with Crippen LogP contribution in [0.15, 0.2) is 24.8 Å². The molecule has 4 heterocycles. The highest BCUT2D eigenvalue weighted by Gasteiger charge is 2.36. The zero-order chi connectivity index (χ0) is 22.4. The molecule has 1 N–H and O–H groups in total. The number of nitrogens with zero attached hydrogens (tertiary/aromatic N) is 5. The fraction of sp³-hybridized carbons (Fsp3) is 0.571. The molecule has 0 unspecified atom stereocenters. The Morgan fingerprint density at radius 3 is 2.22 bits per heavy atom. The van der Waals surface area contributed by atoms with E-state index < -0.39 is 11.7 Å². The number of hydrogen-bond acceptors (Lipinski definition) is 9. The molecule has 2 aliphatic rings. The van der Waals surface area contributed by atoms with E-state index in [9.17, 15) is 4.79 Å². The number of carbonyl (C=O) groups excluding carboxylic acids is 1. The Hall–Kier alpha value is -2.40. The number of ether oxygens (including phenoxy) is 1. The zero-order valence-corrected chi connectivity index (χ0v) is 19.9. The summed E-state index contributed by atoms with van der Waals surface area (Å²) in [6.07, 6.45) is 8.04. The molecule has 1 amide bonds. The highest BCUT2D eigenvalue weighted by molar-refractivity contribution is 5.85. The lowest BCUT2D eigenvalue weighted by atomic mass is 10.1. The van der Waals surface area contributed by atoms with Gasteiger partial charge in [0.1, 0.15) is 11.6 Å². The molecular formula is C21H31ClN6O4. The second-order valence-corrected chi connectivity index (χ2v) is 8.42. The summed E-state index contributed by atoms with van der Waals surface area (Å²) in [7, 11) is 0. The highest BCUT2D eigenvalue weighted by atomic mass is 35.5. The van der Waals surface area contributed by atoms with E-state index in [0.717, 1.165) is 35.8 Å². The van der Waals surface area contributed by atoms with Crippen molar-refractivity contribution in [1.29, 1.82) is 0 Å². The number of carbonyl (C=O) groups is 1. The summed E-state index contributed by atoms with van der Waals surface area (Å²) < 4.78 is 5.32. The molecule has 0 aromatic carbocycles. The van der Waals surface area contributed by atoms with Crippen molar-refractivity contribution in [2.75, 3.05) is 13.2 Å². The van der Waals surface area contributed by atoms with Crippen molar-refractivity contribution in [3.8, 4) is 0 Å². The number of aromatic nitrogens is 4. The van der Waals surface area contributed by atoms with Gasteiger partial charge in [0, 0.05) is 18.8 Å². The first kappa shape index (κ1) is 25.9. The summed E-state index contributed by atoms with van der Waals surface area (Å²) in [5, 5.41) is 1.26. The topological polar surface area (TPSA) is 112 Å². The molecule has 0 bridgehead atoms. The molecule has 0 aliphatic carbocycles. The van der Waals surface area contributed by atoms with E-state index in [1.54, 1.807) is 24.8 Å². The minimum Gasteiger partial charge on any atom is -0.442 e. The average molecular weight is 467 g/mol. The van der Waals surface area contributed by atoms with Crippen molar-refractivity contribution >= 4 is 18.5 Å². The second-order valence-electron chi connectivity index (χ2n) is 8.42. The van der Waals surface area contributed by atoms with Gasteiger partial charge < -0.3 is 9.57 Å². The number of aryl methyl sites for hydroxylation is 2. The summed E-state index contributed by atoms with van der Waals surface area (Å²) in [6.45, 7) is 10.5. The van der Waals surface area contributed by atoms with Gasteiger partial charge in [-0.1, -0.05) is 0 Å². The standard InChI is InChI=1S/C13H19N3O3.C8H11N3O.ClH/c1-9-7-14-8-10(15-9)11-5-6-18-16(11)12(17)19-13(2,3)4;1-6-4-9-5-8(10-6)7-2-3-12-11-7;/h7-8,11H,5-6H2,1-4H3;4-5,7,11H,2-3H2,1H3;1H/t11-;7-;/m00./s1. The molecule has 0 spiro atoms. The van der Waals surface area contributed by atoms with Gasteiger partial charge in [0.25, 0.3) is 0 Å². The lowest BCUT2D eigenvalue weighted by molar-refractivity contribution is -0.125. The molecule has 2 aliphatic heterocycles. The predicted molar refractivity (Wildman–Crippen MR) is 119 cm³/mol. The molecule has 2 aromatic rings. The molecular weight excluding hydrogens is 436 g/mol. The Morgan fingerprint density at radius 1 is 1.03 bits per heavy atom. The summed E-state index contributed by atoms with van der Waals surface area (Å²) in [6, 6.07) is -0.0142. The van der Waals surface area contributed by atoms with E-state index in [4.69, 9.17) is 14.4 Å². The van der Waals surface area contributed by atoms with E-state index in [0.29, 0.717) is 13.0 Å². The van der Waals surface area contributed by atoms with E-state index in [2.05, 4.69) is 25.4 Å². The van der Waals surface area contributed by atoms with Gasteiger partial charge >= 0.3 is 6.09 Å². The van der Waals surface area contributed by atoms with Crippen LogP contribution in [0, 0.1) is 13.8 Å². The smallest absolute Gasteiger partial charge is 0.435 e. The molecule has 176 valence electrons. The van der Waals surface area contributed by atoms with Crippen LogP contribution in [-0.4, -0.2) is 49.9 Å². The SMILES string of the molecule is Cc1cncc([C@@H]2CCON2)n1.Cc1cncc([C@@H]2CCON2C(=O)OC(C)(C)C)n1.Cl. The van der Waals surface area contributed by atoms with Gasteiger partial charge in [-0.05, 0) is 41.0 Å². The second kappa shape index (κ2) is 11.5. The highest BCUT2D eigenvalue weighted by Crippen LogP contribution is 2.30.